The smallest absolute Gasteiger partial charge is 0.307 e. The Morgan fingerprint density at radius 3 is 2.84 bits per heavy atom. The fourth-order valence-electron chi connectivity index (χ4n) is 2.20. The Morgan fingerprint density at radius 2 is 2.12 bits per heavy atom. The van der Waals surface area contributed by atoms with E-state index in [0.717, 1.165) is 24.2 Å². The number of amides is 1. The molecule has 0 saturated carbocycles. The highest BCUT2D eigenvalue weighted by atomic mass is 32.2. The van der Waals surface area contributed by atoms with Gasteiger partial charge in [0.1, 0.15) is 10.1 Å². The molecule has 0 N–H and O–H groups in total. The van der Waals surface area contributed by atoms with E-state index in [1.165, 1.54) is 23.8 Å². The summed E-state index contributed by atoms with van der Waals surface area (Å²) in [6.45, 7) is 2.97. The maximum atomic E-state index is 12.5. The number of ether oxygens (including phenoxy) is 2. The van der Waals surface area contributed by atoms with E-state index < -0.39 is 0 Å². The van der Waals surface area contributed by atoms with Crippen molar-refractivity contribution in [2.75, 3.05) is 20.3 Å². The van der Waals surface area contributed by atoms with E-state index in [0.29, 0.717) is 15.8 Å². The van der Waals surface area contributed by atoms with Crippen molar-refractivity contribution in [3.05, 3.63) is 34.7 Å². The molecule has 1 aromatic rings. The molecule has 1 aliphatic rings. The molecule has 2 rings (SSSR count). The molecule has 0 bridgehead atoms. The van der Waals surface area contributed by atoms with Gasteiger partial charge >= 0.3 is 5.97 Å². The lowest BCUT2D eigenvalue weighted by Crippen LogP contribution is -2.30. The second-order valence-corrected chi connectivity index (χ2v) is 7.08. The summed E-state index contributed by atoms with van der Waals surface area (Å²) in [6.07, 6.45) is 3.94. The average Bonchev–Trinajstić information content (AvgIpc) is 2.88. The predicted molar refractivity (Wildman–Crippen MR) is 103 cm³/mol. The van der Waals surface area contributed by atoms with Crippen LogP contribution in [0.2, 0.25) is 0 Å². The van der Waals surface area contributed by atoms with E-state index in [-0.39, 0.29) is 24.8 Å². The summed E-state index contributed by atoms with van der Waals surface area (Å²) >= 11 is 6.50. The van der Waals surface area contributed by atoms with Crippen LogP contribution in [0, 0.1) is 0 Å². The van der Waals surface area contributed by atoms with Gasteiger partial charge in [0.05, 0.1) is 25.0 Å². The Bertz CT molecular complexity index is 687. The number of thiocarbonyl (C=S) groups is 1. The summed E-state index contributed by atoms with van der Waals surface area (Å²) in [7, 11) is 1.32. The van der Waals surface area contributed by atoms with Gasteiger partial charge in [0.15, 0.2) is 0 Å². The molecule has 1 heterocycles. The Balaban J connectivity index is 2.12. The molecule has 1 saturated heterocycles. The highest BCUT2D eigenvalue weighted by molar-refractivity contribution is 8.26. The number of esters is 1. The van der Waals surface area contributed by atoms with Gasteiger partial charge in [-0.15, -0.1) is 0 Å². The van der Waals surface area contributed by atoms with Gasteiger partial charge in [-0.25, -0.2) is 0 Å². The van der Waals surface area contributed by atoms with Crippen LogP contribution in [0.15, 0.2) is 29.2 Å². The summed E-state index contributed by atoms with van der Waals surface area (Å²) in [6, 6.07) is 7.60. The fourth-order valence-corrected chi connectivity index (χ4v) is 3.50. The van der Waals surface area contributed by atoms with Crippen LogP contribution in [0.4, 0.5) is 0 Å². The molecule has 0 unspecified atom stereocenters. The summed E-state index contributed by atoms with van der Waals surface area (Å²) in [5.74, 6) is 0.186. The van der Waals surface area contributed by atoms with Crippen molar-refractivity contribution in [1.82, 2.24) is 4.90 Å². The molecule has 5 nitrogen and oxygen atoms in total. The standard InChI is InChI=1S/C18H21NO4S2/c1-3-4-11-23-14-8-6-5-7-13(14)12-15-17(21)19(18(24)25-15)10-9-16(20)22-2/h5-8,12H,3-4,9-11H2,1-2H3/b15-12+. The van der Waals surface area contributed by atoms with Gasteiger partial charge in [-0.05, 0) is 18.6 Å². The lowest BCUT2D eigenvalue weighted by molar-refractivity contribution is -0.140. The number of benzene rings is 1. The quantitative estimate of drug-likeness (QED) is 0.298. The molecular formula is C18H21NO4S2. The SMILES string of the molecule is CCCCOc1ccccc1/C=C1/SC(=S)N(CCC(=O)OC)C1=O. The third-order valence-electron chi connectivity index (χ3n) is 3.60. The first kappa shape index (κ1) is 19.5. The van der Waals surface area contributed by atoms with Crippen molar-refractivity contribution in [2.24, 2.45) is 0 Å². The number of rotatable bonds is 8. The number of hydrogen-bond acceptors (Lipinski definition) is 6. The first-order valence-electron chi connectivity index (χ1n) is 8.10. The second kappa shape index (κ2) is 9.58. The third kappa shape index (κ3) is 5.31. The van der Waals surface area contributed by atoms with Crippen LogP contribution in [0.3, 0.4) is 0 Å². The van der Waals surface area contributed by atoms with E-state index in [1.807, 2.05) is 24.3 Å². The van der Waals surface area contributed by atoms with Crippen molar-refractivity contribution < 1.29 is 19.1 Å². The molecule has 1 aliphatic heterocycles. The van der Waals surface area contributed by atoms with Gasteiger partial charge in [-0.1, -0.05) is 55.5 Å². The van der Waals surface area contributed by atoms with E-state index in [9.17, 15) is 9.59 Å². The Kier molecular flexibility index (Phi) is 7.46. The average molecular weight is 380 g/mol. The molecule has 0 aromatic heterocycles. The van der Waals surface area contributed by atoms with Crippen molar-refractivity contribution in [3.8, 4) is 5.75 Å². The monoisotopic (exact) mass is 379 g/mol. The van der Waals surface area contributed by atoms with E-state index in [4.69, 9.17) is 17.0 Å². The van der Waals surface area contributed by atoms with Gasteiger partial charge in [0, 0.05) is 12.1 Å². The molecule has 1 amide bonds. The highest BCUT2D eigenvalue weighted by Gasteiger charge is 2.32. The molecule has 0 spiro atoms. The predicted octanol–water partition coefficient (Wildman–Crippen LogP) is 3.63. The molecule has 1 fully saturated rings. The van der Waals surface area contributed by atoms with E-state index >= 15 is 0 Å². The normalized spacial score (nSPS) is 15.8. The van der Waals surface area contributed by atoms with Gasteiger partial charge < -0.3 is 9.47 Å². The Labute approximate surface area is 157 Å². The van der Waals surface area contributed by atoms with Crippen LogP contribution >= 0.6 is 24.0 Å². The van der Waals surface area contributed by atoms with Crippen LogP contribution in [0.1, 0.15) is 31.7 Å². The van der Waals surface area contributed by atoms with Gasteiger partial charge in [0.25, 0.3) is 5.91 Å². The summed E-state index contributed by atoms with van der Waals surface area (Å²) in [4.78, 5) is 25.8. The van der Waals surface area contributed by atoms with Crippen LogP contribution in [-0.4, -0.2) is 41.4 Å². The molecule has 25 heavy (non-hydrogen) atoms. The second-order valence-electron chi connectivity index (χ2n) is 5.40. The molecule has 134 valence electrons. The maximum absolute atomic E-state index is 12.5. The number of unbranched alkanes of at least 4 members (excludes halogenated alkanes) is 1. The molecule has 7 heteroatoms. The van der Waals surface area contributed by atoms with Crippen molar-refractivity contribution >= 4 is 46.3 Å². The topological polar surface area (TPSA) is 55.8 Å². The lowest BCUT2D eigenvalue weighted by Gasteiger charge is -2.13. The zero-order valence-electron chi connectivity index (χ0n) is 14.3. The highest BCUT2D eigenvalue weighted by Crippen LogP contribution is 2.34. The number of carbonyl (C=O) groups is 2. The van der Waals surface area contributed by atoms with Crippen molar-refractivity contribution in [1.29, 1.82) is 0 Å². The first-order chi connectivity index (χ1) is 12.1. The van der Waals surface area contributed by atoms with Crippen molar-refractivity contribution in [3.63, 3.8) is 0 Å². The number of carbonyl (C=O) groups excluding carboxylic acids is 2. The lowest BCUT2D eigenvalue weighted by atomic mass is 10.2. The number of methoxy groups -OCH3 is 1. The molecule has 0 atom stereocenters. The minimum atomic E-state index is -0.368. The first-order valence-corrected chi connectivity index (χ1v) is 9.33. The number of para-hydroxylation sites is 1. The van der Waals surface area contributed by atoms with E-state index in [1.54, 1.807) is 6.08 Å². The molecule has 0 radical (unpaired) electrons. The zero-order valence-corrected chi connectivity index (χ0v) is 16.0. The van der Waals surface area contributed by atoms with Crippen LogP contribution in [-0.2, 0) is 14.3 Å². The molecular weight excluding hydrogens is 358 g/mol. The minimum Gasteiger partial charge on any atom is -0.493 e. The fraction of sp³-hybridized carbons (Fsp3) is 0.389. The summed E-state index contributed by atoms with van der Waals surface area (Å²) in [5.41, 5.74) is 0.840. The van der Waals surface area contributed by atoms with Gasteiger partial charge in [-0.3, -0.25) is 14.5 Å². The van der Waals surface area contributed by atoms with Crippen LogP contribution < -0.4 is 4.74 Å². The van der Waals surface area contributed by atoms with Crippen LogP contribution in [0.5, 0.6) is 5.75 Å². The number of hydrogen-bond donors (Lipinski definition) is 0. The maximum Gasteiger partial charge on any atom is 0.307 e. The summed E-state index contributed by atoms with van der Waals surface area (Å²) < 4.78 is 10.9. The molecule has 0 aliphatic carbocycles. The zero-order chi connectivity index (χ0) is 18.2. The Morgan fingerprint density at radius 1 is 1.36 bits per heavy atom. The number of nitrogens with zero attached hydrogens (tertiary/aromatic N) is 1. The van der Waals surface area contributed by atoms with Crippen molar-refractivity contribution in [2.45, 2.75) is 26.2 Å². The number of thioether (sulfide) groups is 1. The van der Waals surface area contributed by atoms with E-state index in [2.05, 4.69) is 11.7 Å². The van der Waals surface area contributed by atoms with Crippen LogP contribution in [0.25, 0.3) is 6.08 Å². The summed E-state index contributed by atoms with van der Waals surface area (Å²) in [5, 5.41) is 0. The van der Waals surface area contributed by atoms with Gasteiger partial charge in [0.2, 0.25) is 0 Å². The largest absolute Gasteiger partial charge is 0.493 e. The minimum absolute atomic E-state index is 0.118. The Hall–Kier alpha value is -1.86. The third-order valence-corrected chi connectivity index (χ3v) is 4.98. The molecule has 1 aromatic carbocycles. The van der Waals surface area contributed by atoms with Gasteiger partial charge in [-0.2, -0.15) is 0 Å².